The maximum atomic E-state index is 6.02. The number of nitrogens with two attached hydrogens (primary N) is 1. The summed E-state index contributed by atoms with van der Waals surface area (Å²) in [5.41, 5.74) is 8.85. The van der Waals surface area contributed by atoms with Gasteiger partial charge in [0, 0.05) is 23.3 Å². The molecule has 0 aliphatic carbocycles. The second-order valence-corrected chi connectivity index (χ2v) is 4.88. The van der Waals surface area contributed by atoms with Crippen LogP contribution in [-0.4, -0.2) is 14.5 Å². The Kier molecular flexibility index (Phi) is 3.16. The molecule has 0 saturated carbocycles. The summed E-state index contributed by atoms with van der Waals surface area (Å²) in [5, 5.41) is 1.56. The molecule has 0 radical (unpaired) electrons. The zero-order valence-corrected chi connectivity index (χ0v) is 11.5. The van der Waals surface area contributed by atoms with Gasteiger partial charge in [-0.1, -0.05) is 29.8 Å². The highest BCUT2D eigenvalue weighted by Gasteiger charge is 2.14. The zero-order chi connectivity index (χ0) is 14.1. The molecule has 2 N–H and O–H groups in total. The Morgan fingerprint density at radius 1 is 1.25 bits per heavy atom. The lowest BCUT2D eigenvalue weighted by Crippen LogP contribution is -1.97. The van der Waals surface area contributed by atoms with Crippen LogP contribution in [0.4, 0.5) is 5.82 Å². The highest BCUT2D eigenvalue weighted by molar-refractivity contribution is 6.30. The van der Waals surface area contributed by atoms with Crippen molar-refractivity contribution in [2.75, 3.05) is 5.73 Å². The van der Waals surface area contributed by atoms with Gasteiger partial charge in [0.2, 0.25) is 0 Å². The molecule has 0 unspecified atom stereocenters. The summed E-state index contributed by atoms with van der Waals surface area (Å²) in [5.74, 6) is 0.475. The average Bonchev–Trinajstić information content (AvgIpc) is 2.81. The zero-order valence-electron chi connectivity index (χ0n) is 10.8. The fourth-order valence-electron chi connectivity index (χ4n) is 2.27. The highest BCUT2D eigenvalue weighted by atomic mass is 35.5. The Morgan fingerprint density at radius 2 is 2.00 bits per heavy atom. The van der Waals surface area contributed by atoms with Gasteiger partial charge in [-0.25, -0.2) is 9.97 Å². The predicted octanol–water partition coefficient (Wildman–Crippen LogP) is 3.52. The number of allylic oxidation sites excluding steroid dienone is 1. The molecule has 3 aromatic rings. The molecule has 5 heteroatoms. The first kappa shape index (κ1) is 12.7. The Labute approximate surface area is 121 Å². The molecule has 1 aromatic carbocycles. The molecule has 0 aliphatic rings. The molecule has 2 aromatic heterocycles. The van der Waals surface area contributed by atoms with E-state index in [1.54, 1.807) is 0 Å². The van der Waals surface area contributed by atoms with E-state index in [2.05, 4.69) is 16.5 Å². The number of hydrogen-bond donors (Lipinski definition) is 1. The van der Waals surface area contributed by atoms with Crippen LogP contribution in [0.2, 0.25) is 5.02 Å². The molecular formula is C15H13ClN4. The monoisotopic (exact) mass is 284 g/mol. The predicted molar refractivity (Wildman–Crippen MR) is 82.6 cm³/mol. The van der Waals surface area contributed by atoms with Gasteiger partial charge in [0.25, 0.3) is 0 Å². The molecule has 3 rings (SSSR count). The molecule has 2 heterocycles. The van der Waals surface area contributed by atoms with Crippen LogP contribution in [0.15, 0.2) is 49.4 Å². The Morgan fingerprint density at radius 3 is 2.70 bits per heavy atom. The summed E-state index contributed by atoms with van der Waals surface area (Å²) in [6.07, 6.45) is 5.31. The quantitative estimate of drug-likeness (QED) is 0.749. The van der Waals surface area contributed by atoms with Gasteiger partial charge in [-0.05, 0) is 17.7 Å². The van der Waals surface area contributed by atoms with Crippen LogP contribution in [0.1, 0.15) is 0 Å². The van der Waals surface area contributed by atoms with E-state index in [1.165, 1.54) is 6.33 Å². The van der Waals surface area contributed by atoms with Crippen molar-refractivity contribution in [1.82, 2.24) is 14.5 Å². The number of anilines is 1. The molecule has 0 aliphatic heterocycles. The van der Waals surface area contributed by atoms with Crippen molar-refractivity contribution in [1.29, 1.82) is 0 Å². The van der Waals surface area contributed by atoms with E-state index in [1.807, 2.05) is 41.1 Å². The summed E-state index contributed by atoms with van der Waals surface area (Å²) in [6.45, 7) is 4.43. The fraction of sp³-hybridized carbons (Fsp3) is 0.0667. The van der Waals surface area contributed by atoms with E-state index in [-0.39, 0.29) is 0 Å². The molecule has 0 fully saturated rings. The van der Waals surface area contributed by atoms with Crippen molar-refractivity contribution >= 4 is 28.5 Å². The lowest BCUT2D eigenvalue weighted by molar-refractivity contribution is 0.851. The lowest BCUT2D eigenvalue weighted by atomic mass is 10.1. The first-order chi connectivity index (χ1) is 9.70. The number of rotatable bonds is 3. The normalized spacial score (nSPS) is 10.8. The average molecular weight is 285 g/mol. The molecule has 0 amide bonds. The first-order valence-electron chi connectivity index (χ1n) is 6.17. The van der Waals surface area contributed by atoms with Crippen molar-refractivity contribution in [3.8, 4) is 11.1 Å². The second-order valence-electron chi connectivity index (χ2n) is 4.45. The van der Waals surface area contributed by atoms with E-state index in [9.17, 15) is 0 Å². The van der Waals surface area contributed by atoms with Crippen LogP contribution >= 0.6 is 11.6 Å². The fourth-order valence-corrected chi connectivity index (χ4v) is 2.40. The minimum Gasteiger partial charge on any atom is -0.383 e. The molecule has 0 bridgehead atoms. The summed E-state index contributed by atoms with van der Waals surface area (Å²) < 4.78 is 2.00. The van der Waals surface area contributed by atoms with Crippen molar-refractivity contribution < 1.29 is 0 Å². The summed E-state index contributed by atoms with van der Waals surface area (Å²) >= 11 is 5.94. The van der Waals surface area contributed by atoms with Crippen LogP contribution in [0, 0.1) is 0 Å². The number of nitrogens with zero attached hydrogens (tertiary/aromatic N) is 3. The van der Waals surface area contributed by atoms with Gasteiger partial charge < -0.3 is 10.3 Å². The minimum atomic E-state index is 0.475. The van der Waals surface area contributed by atoms with E-state index in [4.69, 9.17) is 17.3 Å². The van der Waals surface area contributed by atoms with E-state index >= 15 is 0 Å². The third-order valence-corrected chi connectivity index (χ3v) is 3.42. The molecule has 4 nitrogen and oxygen atoms in total. The second kappa shape index (κ2) is 4.98. The van der Waals surface area contributed by atoms with Crippen LogP contribution < -0.4 is 5.73 Å². The van der Waals surface area contributed by atoms with Crippen LogP contribution in [0.3, 0.4) is 0 Å². The lowest BCUT2D eigenvalue weighted by Gasteiger charge is -2.01. The van der Waals surface area contributed by atoms with Crippen molar-refractivity contribution in [2.24, 2.45) is 0 Å². The van der Waals surface area contributed by atoms with Gasteiger partial charge in [0.05, 0.1) is 5.39 Å². The topological polar surface area (TPSA) is 56.7 Å². The van der Waals surface area contributed by atoms with Crippen LogP contribution in [0.25, 0.3) is 22.2 Å². The summed E-state index contributed by atoms with van der Waals surface area (Å²) in [7, 11) is 0. The SMILES string of the molecule is C=CCn1cc(-c2ccc(Cl)cc2)c2c(N)ncnc21. The van der Waals surface area contributed by atoms with E-state index in [0.717, 1.165) is 22.2 Å². The largest absolute Gasteiger partial charge is 0.383 e. The van der Waals surface area contributed by atoms with Crippen molar-refractivity contribution in [3.05, 3.63) is 54.5 Å². The van der Waals surface area contributed by atoms with Gasteiger partial charge in [0.15, 0.2) is 0 Å². The van der Waals surface area contributed by atoms with Crippen molar-refractivity contribution in [2.45, 2.75) is 6.54 Å². The summed E-state index contributed by atoms with van der Waals surface area (Å²) in [4.78, 5) is 8.41. The number of fused-ring (bicyclic) bond motifs is 1. The molecule has 0 atom stereocenters. The van der Waals surface area contributed by atoms with Crippen LogP contribution in [0.5, 0.6) is 0 Å². The highest BCUT2D eigenvalue weighted by Crippen LogP contribution is 2.33. The van der Waals surface area contributed by atoms with E-state index in [0.29, 0.717) is 17.4 Å². The maximum absolute atomic E-state index is 6.02. The van der Waals surface area contributed by atoms with Crippen molar-refractivity contribution in [3.63, 3.8) is 0 Å². The maximum Gasteiger partial charge on any atom is 0.146 e. The number of benzene rings is 1. The van der Waals surface area contributed by atoms with Gasteiger partial charge in [-0.2, -0.15) is 0 Å². The minimum absolute atomic E-state index is 0.475. The molecule has 100 valence electrons. The van der Waals surface area contributed by atoms with Gasteiger partial charge >= 0.3 is 0 Å². The Hall–Kier alpha value is -2.33. The number of nitrogen functional groups attached to an aromatic ring is 1. The Balaban J connectivity index is 2.29. The third-order valence-electron chi connectivity index (χ3n) is 3.16. The van der Waals surface area contributed by atoms with E-state index < -0.39 is 0 Å². The van der Waals surface area contributed by atoms with Gasteiger partial charge in [-0.3, -0.25) is 0 Å². The van der Waals surface area contributed by atoms with Gasteiger partial charge in [0.1, 0.15) is 17.8 Å². The number of hydrogen-bond acceptors (Lipinski definition) is 3. The standard InChI is InChI=1S/C15H13ClN4/c1-2-7-20-8-12(10-3-5-11(16)6-4-10)13-14(17)18-9-19-15(13)20/h2-6,8-9H,1,7H2,(H2,17,18,19). The molecule has 20 heavy (non-hydrogen) atoms. The molecule has 0 saturated heterocycles. The molecule has 0 spiro atoms. The molecular weight excluding hydrogens is 272 g/mol. The first-order valence-corrected chi connectivity index (χ1v) is 6.54. The van der Waals surface area contributed by atoms with Gasteiger partial charge in [-0.15, -0.1) is 6.58 Å². The number of halogens is 1. The number of aromatic nitrogens is 3. The Bertz CT molecular complexity index is 774. The smallest absolute Gasteiger partial charge is 0.146 e. The third kappa shape index (κ3) is 2.04. The summed E-state index contributed by atoms with van der Waals surface area (Å²) in [6, 6.07) is 7.63. The van der Waals surface area contributed by atoms with Crippen LogP contribution in [-0.2, 0) is 6.54 Å².